The van der Waals surface area contributed by atoms with Gasteiger partial charge in [-0.25, -0.2) is 4.98 Å². The minimum absolute atomic E-state index is 0.123. The molecule has 2 N–H and O–H groups in total. The van der Waals surface area contributed by atoms with E-state index in [1.165, 1.54) is 6.33 Å². The van der Waals surface area contributed by atoms with Gasteiger partial charge in [0, 0.05) is 11.9 Å². The number of aromatic amines is 1. The number of halogens is 2. The minimum Gasteiger partial charge on any atom is -0.369 e. The predicted octanol–water partition coefficient (Wildman–Crippen LogP) is 1.80. The van der Waals surface area contributed by atoms with Crippen molar-refractivity contribution in [2.45, 2.75) is 18.7 Å². The number of alkyl halides is 1. The third kappa shape index (κ3) is 3.45. The van der Waals surface area contributed by atoms with E-state index in [9.17, 15) is 4.79 Å². The van der Waals surface area contributed by atoms with Gasteiger partial charge in [0.05, 0.1) is 6.33 Å². The summed E-state index contributed by atoms with van der Waals surface area (Å²) in [5.41, 5.74) is -0.123. The van der Waals surface area contributed by atoms with Crippen LogP contribution in [0.2, 0.25) is 0 Å². The molecule has 0 saturated carbocycles. The standard InChI is InChI=1S/C8H11ClIN3O/c1-5(9)2-3-11-7-6(10)8(14)13-4-12-7/h4-5H,2-3H2,1H3,(H2,11,12,13,14). The number of anilines is 1. The van der Waals surface area contributed by atoms with Crippen LogP contribution in [-0.4, -0.2) is 21.9 Å². The van der Waals surface area contributed by atoms with Gasteiger partial charge in [0.2, 0.25) is 0 Å². The molecule has 0 amide bonds. The second-order valence-corrected chi connectivity index (χ2v) is 4.71. The first-order valence-electron chi connectivity index (χ1n) is 4.22. The van der Waals surface area contributed by atoms with E-state index in [4.69, 9.17) is 11.6 Å². The average molecular weight is 328 g/mol. The molecule has 0 fully saturated rings. The van der Waals surface area contributed by atoms with Crippen LogP contribution in [0.5, 0.6) is 0 Å². The molecule has 14 heavy (non-hydrogen) atoms. The highest BCUT2D eigenvalue weighted by molar-refractivity contribution is 14.1. The van der Waals surface area contributed by atoms with Gasteiger partial charge in [-0.05, 0) is 35.9 Å². The zero-order valence-electron chi connectivity index (χ0n) is 7.68. The fourth-order valence-electron chi connectivity index (χ4n) is 0.896. The van der Waals surface area contributed by atoms with Crippen molar-refractivity contribution in [2.75, 3.05) is 11.9 Å². The quantitative estimate of drug-likeness (QED) is 0.655. The summed E-state index contributed by atoms with van der Waals surface area (Å²) in [7, 11) is 0. The molecule has 1 aromatic rings. The summed E-state index contributed by atoms with van der Waals surface area (Å²) in [5.74, 6) is 0.617. The highest BCUT2D eigenvalue weighted by Gasteiger charge is 2.04. The highest BCUT2D eigenvalue weighted by atomic mass is 127. The molecule has 0 spiro atoms. The van der Waals surface area contributed by atoms with Gasteiger partial charge >= 0.3 is 0 Å². The zero-order chi connectivity index (χ0) is 10.6. The summed E-state index contributed by atoms with van der Waals surface area (Å²) in [6.45, 7) is 2.65. The first kappa shape index (κ1) is 11.8. The van der Waals surface area contributed by atoms with Crippen molar-refractivity contribution in [3.8, 4) is 0 Å². The molecule has 1 unspecified atom stereocenters. The topological polar surface area (TPSA) is 57.8 Å². The van der Waals surface area contributed by atoms with E-state index in [0.717, 1.165) is 13.0 Å². The number of aromatic nitrogens is 2. The second-order valence-electron chi connectivity index (χ2n) is 2.89. The summed E-state index contributed by atoms with van der Waals surface area (Å²) in [4.78, 5) is 17.7. The first-order chi connectivity index (χ1) is 6.61. The molecule has 1 rings (SSSR count). The number of H-pyrrole nitrogens is 1. The fourth-order valence-corrected chi connectivity index (χ4v) is 1.49. The molecule has 0 saturated heterocycles. The molecule has 6 heteroatoms. The molecule has 0 aliphatic rings. The molecule has 0 aliphatic carbocycles. The molecule has 1 aromatic heterocycles. The Morgan fingerprint density at radius 3 is 3.14 bits per heavy atom. The Balaban J connectivity index is 2.59. The number of nitrogens with zero attached hydrogens (tertiary/aromatic N) is 1. The van der Waals surface area contributed by atoms with Crippen LogP contribution in [0.4, 0.5) is 5.82 Å². The van der Waals surface area contributed by atoms with Crippen molar-refractivity contribution in [1.29, 1.82) is 0 Å². The lowest BCUT2D eigenvalue weighted by molar-refractivity contribution is 0.837. The van der Waals surface area contributed by atoms with Crippen molar-refractivity contribution in [3.05, 3.63) is 20.3 Å². The molecular weight excluding hydrogens is 316 g/mol. The van der Waals surface area contributed by atoms with Gasteiger partial charge in [-0.15, -0.1) is 11.6 Å². The monoisotopic (exact) mass is 327 g/mol. The Kier molecular flexibility index (Phi) is 4.67. The smallest absolute Gasteiger partial charge is 0.266 e. The van der Waals surface area contributed by atoms with E-state index < -0.39 is 0 Å². The lowest BCUT2D eigenvalue weighted by atomic mass is 10.3. The number of hydrogen-bond donors (Lipinski definition) is 2. The average Bonchev–Trinajstić information content (AvgIpc) is 2.12. The Bertz CT molecular complexity index is 353. The van der Waals surface area contributed by atoms with Crippen LogP contribution in [0, 0.1) is 3.57 Å². The lowest BCUT2D eigenvalue weighted by Crippen LogP contribution is -2.16. The molecule has 0 radical (unpaired) electrons. The van der Waals surface area contributed by atoms with Gasteiger partial charge in [-0.3, -0.25) is 4.79 Å². The molecule has 0 aromatic carbocycles. The Hall–Kier alpha value is -0.300. The Labute approximate surface area is 101 Å². The third-order valence-electron chi connectivity index (χ3n) is 1.63. The summed E-state index contributed by atoms with van der Waals surface area (Å²) in [6, 6.07) is 0. The van der Waals surface area contributed by atoms with Gasteiger partial charge in [0.1, 0.15) is 9.39 Å². The molecule has 4 nitrogen and oxygen atoms in total. The third-order valence-corrected chi connectivity index (χ3v) is 2.85. The van der Waals surface area contributed by atoms with Crippen molar-refractivity contribution in [1.82, 2.24) is 9.97 Å². The molecule has 0 aliphatic heterocycles. The van der Waals surface area contributed by atoms with Crippen LogP contribution in [0.15, 0.2) is 11.1 Å². The SMILES string of the molecule is CC(Cl)CCNc1nc[nH]c(=O)c1I. The van der Waals surface area contributed by atoms with Crippen LogP contribution in [0.25, 0.3) is 0 Å². The first-order valence-corrected chi connectivity index (χ1v) is 5.74. The van der Waals surface area contributed by atoms with E-state index in [-0.39, 0.29) is 10.9 Å². The highest BCUT2D eigenvalue weighted by Crippen LogP contribution is 2.09. The van der Waals surface area contributed by atoms with Gasteiger partial charge in [-0.1, -0.05) is 0 Å². The number of rotatable bonds is 4. The van der Waals surface area contributed by atoms with Gasteiger partial charge in [-0.2, -0.15) is 0 Å². The normalized spacial score (nSPS) is 12.5. The van der Waals surface area contributed by atoms with E-state index >= 15 is 0 Å². The maximum atomic E-state index is 11.2. The number of hydrogen-bond acceptors (Lipinski definition) is 3. The summed E-state index contributed by atoms with van der Waals surface area (Å²) < 4.78 is 0.576. The second kappa shape index (κ2) is 5.55. The summed E-state index contributed by atoms with van der Waals surface area (Å²) in [6.07, 6.45) is 2.23. The van der Waals surface area contributed by atoms with Crippen LogP contribution in [0.1, 0.15) is 13.3 Å². The predicted molar refractivity (Wildman–Crippen MR) is 66.0 cm³/mol. The molecule has 78 valence electrons. The van der Waals surface area contributed by atoms with Crippen molar-refractivity contribution >= 4 is 40.0 Å². The summed E-state index contributed by atoms with van der Waals surface area (Å²) in [5, 5.41) is 3.19. The maximum absolute atomic E-state index is 11.2. The van der Waals surface area contributed by atoms with Crippen molar-refractivity contribution < 1.29 is 0 Å². The summed E-state index contributed by atoms with van der Waals surface area (Å²) >= 11 is 7.75. The van der Waals surface area contributed by atoms with E-state index in [2.05, 4.69) is 15.3 Å². The van der Waals surface area contributed by atoms with Crippen LogP contribution >= 0.6 is 34.2 Å². The van der Waals surface area contributed by atoms with E-state index in [1.807, 2.05) is 29.5 Å². The zero-order valence-corrected chi connectivity index (χ0v) is 10.6. The van der Waals surface area contributed by atoms with Gasteiger partial charge in [0.25, 0.3) is 5.56 Å². The van der Waals surface area contributed by atoms with Gasteiger partial charge in [0.15, 0.2) is 0 Å². The largest absolute Gasteiger partial charge is 0.369 e. The molecule has 1 atom stereocenters. The molecule has 1 heterocycles. The van der Waals surface area contributed by atoms with Crippen LogP contribution < -0.4 is 10.9 Å². The molecule has 0 bridgehead atoms. The lowest BCUT2D eigenvalue weighted by Gasteiger charge is -2.06. The number of nitrogens with one attached hydrogen (secondary N) is 2. The van der Waals surface area contributed by atoms with Crippen molar-refractivity contribution in [2.24, 2.45) is 0 Å². The van der Waals surface area contributed by atoms with Crippen molar-refractivity contribution in [3.63, 3.8) is 0 Å². The molecular formula is C8H11ClIN3O. The Morgan fingerprint density at radius 1 is 1.79 bits per heavy atom. The fraction of sp³-hybridized carbons (Fsp3) is 0.500. The van der Waals surface area contributed by atoms with Crippen LogP contribution in [-0.2, 0) is 0 Å². The van der Waals surface area contributed by atoms with E-state index in [0.29, 0.717) is 9.39 Å². The van der Waals surface area contributed by atoms with Crippen LogP contribution in [0.3, 0.4) is 0 Å². The van der Waals surface area contributed by atoms with E-state index in [1.54, 1.807) is 0 Å². The minimum atomic E-state index is -0.123. The van der Waals surface area contributed by atoms with Gasteiger partial charge < -0.3 is 10.3 Å². The maximum Gasteiger partial charge on any atom is 0.266 e. The Morgan fingerprint density at radius 2 is 2.50 bits per heavy atom.